The van der Waals surface area contributed by atoms with Gasteiger partial charge in [-0.2, -0.15) is 0 Å². The van der Waals surface area contributed by atoms with E-state index in [1.807, 2.05) is 32.3 Å². The second kappa shape index (κ2) is 10.5. The van der Waals surface area contributed by atoms with Crippen molar-refractivity contribution < 1.29 is 17.9 Å². The number of hydrogen-bond donors (Lipinski definition) is 1. The lowest BCUT2D eigenvalue weighted by atomic mass is 9.77. The van der Waals surface area contributed by atoms with Gasteiger partial charge in [-0.05, 0) is 47.5 Å². The second-order valence-corrected chi connectivity index (χ2v) is 13.3. The van der Waals surface area contributed by atoms with Crippen molar-refractivity contribution >= 4 is 43.4 Å². The molecule has 1 fully saturated rings. The van der Waals surface area contributed by atoms with E-state index >= 15 is 0 Å². The minimum Gasteiger partial charge on any atom is -0.378 e. The topological polar surface area (TPSA) is 79.0 Å². The summed E-state index contributed by atoms with van der Waals surface area (Å²) in [7, 11) is 1.29. The number of ether oxygens (including phenoxy) is 1. The van der Waals surface area contributed by atoms with Gasteiger partial charge >= 0.3 is 0 Å². The highest BCUT2D eigenvalue weighted by Gasteiger charge is 2.59. The van der Waals surface area contributed by atoms with Crippen LogP contribution in [0.15, 0.2) is 65.6 Å². The van der Waals surface area contributed by atoms with Crippen molar-refractivity contribution in [2.75, 3.05) is 42.9 Å². The third-order valence-corrected chi connectivity index (χ3v) is 9.29. The lowest BCUT2D eigenvalue weighted by Crippen LogP contribution is -2.51. The van der Waals surface area contributed by atoms with Gasteiger partial charge in [0.2, 0.25) is 5.91 Å². The van der Waals surface area contributed by atoms with E-state index in [1.165, 1.54) is 0 Å². The highest BCUT2D eigenvalue weighted by Crippen LogP contribution is 2.55. The Balaban J connectivity index is 1.58. The summed E-state index contributed by atoms with van der Waals surface area (Å²) < 4.78 is 32.4. The summed E-state index contributed by atoms with van der Waals surface area (Å²) in [6.45, 7) is 5.50. The van der Waals surface area contributed by atoms with Crippen LogP contribution in [-0.4, -0.2) is 63.4 Å². The van der Waals surface area contributed by atoms with Gasteiger partial charge in [-0.25, -0.2) is 8.42 Å². The fourth-order valence-corrected chi connectivity index (χ4v) is 6.69. The Hall–Kier alpha value is -2.88. The molecule has 0 saturated carbocycles. The number of nitrogens with zero attached hydrogens (tertiary/aromatic N) is 2. The molecule has 4 rings (SSSR count). The number of rotatable bonds is 9. The van der Waals surface area contributed by atoms with Crippen molar-refractivity contribution in [3.05, 3.63) is 71.8 Å². The molecule has 9 heteroatoms. The first-order valence-corrected chi connectivity index (χ1v) is 15.8. The first-order valence-electron chi connectivity index (χ1n) is 12.7. The molecule has 1 saturated heterocycles. The zero-order valence-corrected chi connectivity index (χ0v) is 25.1. The largest absolute Gasteiger partial charge is 0.378 e. The Bertz CT molecular complexity index is 1320. The molecule has 0 aromatic heterocycles. The highest BCUT2D eigenvalue weighted by atomic mass is 32.2. The third-order valence-electron chi connectivity index (χ3n) is 7.29. The number of anilines is 2. The standard InChI is InChI=1S/C28H37N3O4SSi/c1-27(2)24-19-23(36(33,34)20-29-26(32)14-18-37)12-13-25(24)31-16-17-35-28(27,31)15-6-5-7-21-8-10-22(11-9-21)30(3)4/h5-13,15,19H,14,16-18,20H2,1-4,37H3,(H,29,32)/b7-5+,15-6+. The summed E-state index contributed by atoms with van der Waals surface area (Å²) in [6, 6.07) is 14.4. The molecule has 37 heavy (non-hydrogen) atoms. The first kappa shape index (κ1) is 27.2. The van der Waals surface area contributed by atoms with Crippen LogP contribution in [0.4, 0.5) is 11.4 Å². The molecule has 2 aromatic rings. The summed E-state index contributed by atoms with van der Waals surface area (Å²) in [5.74, 6) is -0.613. The summed E-state index contributed by atoms with van der Waals surface area (Å²) in [4.78, 5) is 16.4. The minimum absolute atomic E-state index is 0.215. The number of carbonyl (C=O) groups excluding carboxylic acids is 1. The van der Waals surface area contributed by atoms with E-state index in [1.54, 1.807) is 12.1 Å². The monoisotopic (exact) mass is 539 g/mol. The van der Waals surface area contributed by atoms with E-state index in [-0.39, 0.29) is 10.8 Å². The van der Waals surface area contributed by atoms with Crippen molar-refractivity contribution in [1.29, 1.82) is 0 Å². The van der Waals surface area contributed by atoms with Gasteiger partial charge in [-0.15, -0.1) is 0 Å². The number of hydrogen-bond acceptors (Lipinski definition) is 6. The van der Waals surface area contributed by atoms with Gasteiger partial charge in [0.15, 0.2) is 15.6 Å². The van der Waals surface area contributed by atoms with E-state index in [0.29, 0.717) is 13.0 Å². The van der Waals surface area contributed by atoms with E-state index in [9.17, 15) is 13.2 Å². The molecule has 1 atom stereocenters. The summed E-state index contributed by atoms with van der Waals surface area (Å²) in [6.07, 6.45) is 8.52. The summed E-state index contributed by atoms with van der Waals surface area (Å²) in [5.41, 5.74) is 2.95. The normalized spacial score (nSPS) is 20.5. The zero-order chi connectivity index (χ0) is 26.8. The SMILES string of the molecule is CN(C)c1ccc(/C=C/C=C/C23OCCN2c2ccc(S(=O)(=O)CNC(=O)CC[SiH3])cc2C3(C)C)cc1. The molecule has 7 nitrogen and oxygen atoms in total. The van der Waals surface area contributed by atoms with Crippen LogP contribution < -0.4 is 15.1 Å². The quantitative estimate of drug-likeness (QED) is 0.390. The van der Waals surface area contributed by atoms with Crippen LogP contribution in [0.1, 0.15) is 31.4 Å². The maximum atomic E-state index is 13.0. The molecule has 1 N–H and O–H groups in total. The van der Waals surface area contributed by atoms with Crippen LogP contribution in [0.5, 0.6) is 0 Å². The molecule has 2 heterocycles. The van der Waals surface area contributed by atoms with Gasteiger partial charge in [-0.1, -0.05) is 50.3 Å². The highest BCUT2D eigenvalue weighted by molar-refractivity contribution is 7.91. The second-order valence-electron chi connectivity index (χ2n) is 10.3. The summed E-state index contributed by atoms with van der Waals surface area (Å²) >= 11 is 0. The molecule has 0 radical (unpaired) electrons. The van der Waals surface area contributed by atoms with Gasteiger partial charge in [0, 0.05) is 54.1 Å². The van der Waals surface area contributed by atoms with Crippen molar-refractivity contribution in [3.63, 3.8) is 0 Å². The Labute approximate surface area is 223 Å². The van der Waals surface area contributed by atoms with E-state index in [0.717, 1.165) is 45.3 Å². The number of allylic oxidation sites excluding steroid dienone is 2. The average molecular weight is 540 g/mol. The predicted molar refractivity (Wildman–Crippen MR) is 154 cm³/mol. The lowest BCUT2D eigenvalue weighted by Gasteiger charge is -2.39. The molecule has 2 aliphatic rings. The lowest BCUT2D eigenvalue weighted by molar-refractivity contribution is -0.120. The van der Waals surface area contributed by atoms with E-state index < -0.39 is 26.9 Å². The molecule has 2 aromatic carbocycles. The number of nitrogens with one attached hydrogen (secondary N) is 1. The smallest absolute Gasteiger partial charge is 0.220 e. The molecule has 198 valence electrons. The van der Waals surface area contributed by atoms with Gasteiger partial charge in [-0.3, -0.25) is 4.79 Å². The van der Waals surface area contributed by atoms with Gasteiger partial charge in [0.1, 0.15) is 5.88 Å². The van der Waals surface area contributed by atoms with Crippen molar-refractivity contribution in [2.45, 2.75) is 42.3 Å². The number of amides is 1. The van der Waals surface area contributed by atoms with Crippen molar-refractivity contribution in [3.8, 4) is 0 Å². The van der Waals surface area contributed by atoms with Crippen LogP contribution in [0.2, 0.25) is 6.04 Å². The maximum absolute atomic E-state index is 13.0. The minimum atomic E-state index is -3.66. The summed E-state index contributed by atoms with van der Waals surface area (Å²) in [5, 5.41) is 2.55. The molecule has 0 aliphatic carbocycles. The van der Waals surface area contributed by atoms with Crippen LogP contribution in [0.3, 0.4) is 0 Å². The molecule has 0 spiro atoms. The molecule has 2 aliphatic heterocycles. The van der Waals surface area contributed by atoms with Crippen LogP contribution in [-0.2, 0) is 24.8 Å². The first-order chi connectivity index (χ1) is 17.5. The Morgan fingerprint density at radius 3 is 2.57 bits per heavy atom. The van der Waals surface area contributed by atoms with E-state index in [4.69, 9.17) is 4.74 Å². The number of sulfone groups is 1. The van der Waals surface area contributed by atoms with Gasteiger partial charge in [0.25, 0.3) is 0 Å². The zero-order valence-electron chi connectivity index (χ0n) is 22.3. The Morgan fingerprint density at radius 2 is 1.89 bits per heavy atom. The Kier molecular flexibility index (Phi) is 7.69. The average Bonchev–Trinajstić information content (AvgIpc) is 3.37. The molecule has 0 bridgehead atoms. The Morgan fingerprint density at radius 1 is 1.16 bits per heavy atom. The molecular weight excluding hydrogens is 502 g/mol. The van der Waals surface area contributed by atoms with Crippen molar-refractivity contribution in [2.24, 2.45) is 0 Å². The molecule has 1 unspecified atom stereocenters. The van der Waals surface area contributed by atoms with Crippen molar-refractivity contribution in [1.82, 2.24) is 5.32 Å². The van der Waals surface area contributed by atoms with E-state index in [2.05, 4.69) is 65.4 Å². The molecular formula is C28H37N3O4SSi. The maximum Gasteiger partial charge on any atom is 0.220 e. The third kappa shape index (κ3) is 5.12. The predicted octanol–water partition coefficient (Wildman–Crippen LogP) is 2.87. The van der Waals surface area contributed by atoms with Gasteiger partial charge in [0.05, 0.1) is 11.5 Å². The number of fused-ring (bicyclic) bond motifs is 3. The number of benzene rings is 2. The molecule has 1 amide bonds. The van der Waals surface area contributed by atoms with Crippen LogP contribution in [0.25, 0.3) is 6.08 Å². The fraction of sp³-hybridized carbons (Fsp3) is 0.393. The van der Waals surface area contributed by atoms with Crippen LogP contribution in [0, 0.1) is 0 Å². The van der Waals surface area contributed by atoms with Crippen LogP contribution >= 0.6 is 0 Å². The fourth-order valence-electron chi connectivity index (χ4n) is 5.15. The number of carbonyl (C=O) groups is 1. The van der Waals surface area contributed by atoms with Gasteiger partial charge < -0.3 is 19.9 Å².